The molecule has 0 saturated heterocycles. The summed E-state index contributed by atoms with van der Waals surface area (Å²) in [4.78, 5) is 11.5. The van der Waals surface area contributed by atoms with Crippen LogP contribution in [0.1, 0.15) is 44.9 Å². The van der Waals surface area contributed by atoms with Crippen LogP contribution >= 0.6 is 15.9 Å². The molecule has 0 spiro atoms. The van der Waals surface area contributed by atoms with Crippen LogP contribution in [0.3, 0.4) is 0 Å². The number of nitrogens with one attached hydrogen (secondary N) is 1. The Morgan fingerprint density at radius 3 is 2.73 bits per heavy atom. The summed E-state index contributed by atoms with van der Waals surface area (Å²) in [5.41, 5.74) is 0. The minimum absolute atomic E-state index is 0.00443. The minimum Gasteiger partial charge on any atom is -0.391 e. The van der Waals surface area contributed by atoms with E-state index in [4.69, 9.17) is 0 Å². The van der Waals surface area contributed by atoms with Crippen molar-refractivity contribution >= 4 is 21.8 Å². The van der Waals surface area contributed by atoms with Gasteiger partial charge in [-0.3, -0.25) is 4.79 Å². The van der Waals surface area contributed by atoms with Crippen molar-refractivity contribution in [2.75, 3.05) is 5.33 Å². The number of halogens is 1. The first kappa shape index (κ1) is 13.0. The van der Waals surface area contributed by atoms with Crippen LogP contribution in [0.4, 0.5) is 0 Å². The van der Waals surface area contributed by atoms with Crippen LogP contribution in [0.15, 0.2) is 0 Å². The first-order valence-corrected chi connectivity index (χ1v) is 6.89. The monoisotopic (exact) mass is 277 g/mol. The largest absolute Gasteiger partial charge is 0.391 e. The second-order valence-corrected chi connectivity index (χ2v) is 4.96. The van der Waals surface area contributed by atoms with Gasteiger partial charge in [-0.1, -0.05) is 28.8 Å². The van der Waals surface area contributed by atoms with E-state index in [1.165, 1.54) is 0 Å². The molecule has 0 radical (unpaired) electrons. The van der Waals surface area contributed by atoms with Crippen molar-refractivity contribution in [1.82, 2.24) is 5.32 Å². The highest BCUT2D eigenvalue weighted by Gasteiger charge is 2.23. The number of hydrogen-bond donors (Lipinski definition) is 2. The summed E-state index contributed by atoms with van der Waals surface area (Å²) in [5, 5.41) is 13.5. The van der Waals surface area contributed by atoms with Gasteiger partial charge in [-0.15, -0.1) is 0 Å². The van der Waals surface area contributed by atoms with E-state index in [0.29, 0.717) is 6.42 Å². The standard InChI is InChI=1S/C11H20BrNO2/c12-8-4-3-7-11(15)13-9-5-1-2-6-10(9)14/h9-10,14H,1-8H2,(H,13,15). The lowest BCUT2D eigenvalue weighted by molar-refractivity contribution is -0.123. The molecule has 0 heterocycles. The lowest BCUT2D eigenvalue weighted by atomic mass is 9.92. The molecule has 0 aromatic rings. The number of amides is 1. The van der Waals surface area contributed by atoms with Gasteiger partial charge in [-0.25, -0.2) is 0 Å². The summed E-state index contributed by atoms with van der Waals surface area (Å²) in [5.74, 6) is 0.0851. The Balaban J connectivity index is 2.18. The molecule has 1 fully saturated rings. The molecule has 4 heteroatoms. The van der Waals surface area contributed by atoms with E-state index in [1.54, 1.807) is 0 Å². The smallest absolute Gasteiger partial charge is 0.220 e. The highest BCUT2D eigenvalue weighted by molar-refractivity contribution is 9.09. The van der Waals surface area contributed by atoms with Crippen molar-refractivity contribution in [3.63, 3.8) is 0 Å². The molecule has 1 saturated carbocycles. The van der Waals surface area contributed by atoms with E-state index >= 15 is 0 Å². The second kappa shape index (κ2) is 7.23. The molecule has 15 heavy (non-hydrogen) atoms. The molecule has 1 amide bonds. The maximum atomic E-state index is 11.5. The quantitative estimate of drug-likeness (QED) is 0.596. The zero-order valence-electron chi connectivity index (χ0n) is 9.04. The van der Waals surface area contributed by atoms with Gasteiger partial charge in [0.2, 0.25) is 5.91 Å². The molecule has 2 N–H and O–H groups in total. The topological polar surface area (TPSA) is 49.3 Å². The molecule has 0 bridgehead atoms. The summed E-state index contributed by atoms with van der Waals surface area (Å²) in [6.07, 6.45) is 6.13. The SMILES string of the molecule is O=C(CCCCBr)NC1CCCCC1O. The molecule has 88 valence electrons. The van der Waals surface area contributed by atoms with Gasteiger partial charge in [0.1, 0.15) is 0 Å². The lowest BCUT2D eigenvalue weighted by Crippen LogP contribution is -2.44. The first-order chi connectivity index (χ1) is 7.24. The summed E-state index contributed by atoms with van der Waals surface area (Å²) in [6, 6.07) is -0.00443. The molecule has 2 unspecified atom stereocenters. The maximum absolute atomic E-state index is 11.5. The van der Waals surface area contributed by atoms with E-state index < -0.39 is 0 Å². The summed E-state index contributed by atoms with van der Waals surface area (Å²) < 4.78 is 0. The highest BCUT2D eigenvalue weighted by atomic mass is 79.9. The van der Waals surface area contributed by atoms with Crippen molar-refractivity contribution in [2.24, 2.45) is 0 Å². The van der Waals surface area contributed by atoms with Gasteiger partial charge in [0.25, 0.3) is 0 Å². The predicted octanol–water partition coefficient (Wildman–Crippen LogP) is 1.97. The normalized spacial score (nSPS) is 26.3. The molecular weight excluding hydrogens is 258 g/mol. The molecule has 2 atom stereocenters. The number of alkyl halides is 1. The molecular formula is C11H20BrNO2. The summed E-state index contributed by atoms with van der Waals surface area (Å²) in [6.45, 7) is 0. The van der Waals surface area contributed by atoms with Crippen LogP contribution in [0.2, 0.25) is 0 Å². The number of unbranched alkanes of at least 4 members (excludes halogenated alkanes) is 1. The van der Waals surface area contributed by atoms with Crippen LogP contribution in [0.5, 0.6) is 0 Å². The number of carbonyl (C=O) groups is 1. The number of aliphatic hydroxyl groups excluding tert-OH is 1. The summed E-state index contributed by atoms with van der Waals surface area (Å²) >= 11 is 3.34. The number of rotatable bonds is 5. The van der Waals surface area contributed by atoms with E-state index in [1.807, 2.05) is 0 Å². The van der Waals surface area contributed by atoms with Crippen LogP contribution in [-0.4, -0.2) is 28.5 Å². The van der Waals surface area contributed by atoms with Crippen LogP contribution in [0.25, 0.3) is 0 Å². The first-order valence-electron chi connectivity index (χ1n) is 5.77. The third kappa shape index (κ3) is 4.98. The van der Waals surface area contributed by atoms with Gasteiger partial charge in [0, 0.05) is 11.8 Å². The van der Waals surface area contributed by atoms with Gasteiger partial charge in [0.15, 0.2) is 0 Å². The van der Waals surface area contributed by atoms with E-state index in [-0.39, 0.29) is 18.1 Å². The van der Waals surface area contributed by atoms with Gasteiger partial charge in [-0.05, 0) is 25.7 Å². The van der Waals surface area contributed by atoms with E-state index in [0.717, 1.165) is 43.9 Å². The molecule has 3 nitrogen and oxygen atoms in total. The number of aliphatic hydroxyl groups is 1. The molecule has 1 rings (SSSR count). The van der Waals surface area contributed by atoms with Crippen molar-refractivity contribution < 1.29 is 9.90 Å². The molecule has 0 aromatic heterocycles. The molecule has 0 aliphatic heterocycles. The molecule has 1 aliphatic rings. The fourth-order valence-corrected chi connectivity index (χ4v) is 2.34. The molecule has 1 aliphatic carbocycles. The Kier molecular flexibility index (Phi) is 6.25. The Morgan fingerprint density at radius 2 is 2.07 bits per heavy atom. The van der Waals surface area contributed by atoms with Crippen LogP contribution in [0, 0.1) is 0 Å². The zero-order chi connectivity index (χ0) is 11.1. The zero-order valence-corrected chi connectivity index (χ0v) is 10.6. The molecule has 0 aromatic carbocycles. The Bertz CT molecular complexity index is 199. The predicted molar refractivity (Wildman–Crippen MR) is 64.1 cm³/mol. The Morgan fingerprint density at radius 1 is 1.33 bits per heavy atom. The van der Waals surface area contributed by atoms with Gasteiger partial charge in [0.05, 0.1) is 12.1 Å². The fraction of sp³-hybridized carbons (Fsp3) is 0.909. The van der Waals surface area contributed by atoms with Crippen molar-refractivity contribution in [3.05, 3.63) is 0 Å². The van der Waals surface area contributed by atoms with Gasteiger partial charge in [-0.2, -0.15) is 0 Å². The third-order valence-electron chi connectivity index (χ3n) is 2.86. The van der Waals surface area contributed by atoms with E-state index in [9.17, 15) is 9.90 Å². The average molecular weight is 278 g/mol. The lowest BCUT2D eigenvalue weighted by Gasteiger charge is -2.28. The minimum atomic E-state index is -0.334. The Hall–Kier alpha value is -0.0900. The van der Waals surface area contributed by atoms with Crippen molar-refractivity contribution in [3.8, 4) is 0 Å². The summed E-state index contributed by atoms with van der Waals surface area (Å²) in [7, 11) is 0. The van der Waals surface area contributed by atoms with Gasteiger partial charge < -0.3 is 10.4 Å². The van der Waals surface area contributed by atoms with E-state index in [2.05, 4.69) is 21.2 Å². The highest BCUT2D eigenvalue weighted by Crippen LogP contribution is 2.18. The van der Waals surface area contributed by atoms with Crippen LogP contribution < -0.4 is 5.32 Å². The van der Waals surface area contributed by atoms with Crippen LogP contribution in [-0.2, 0) is 4.79 Å². The Labute approximate surface area is 99.8 Å². The fourth-order valence-electron chi connectivity index (χ4n) is 1.94. The van der Waals surface area contributed by atoms with Gasteiger partial charge >= 0.3 is 0 Å². The van der Waals surface area contributed by atoms with Crippen molar-refractivity contribution in [1.29, 1.82) is 0 Å². The third-order valence-corrected chi connectivity index (χ3v) is 3.42. The maximum Gasteiger partial charge on any atom is 0.220 e. The van der Waals surface area contributed by atoms with Crippen molar-refractivity contribution in [2.45, 2.75) is 57.1 Å². The average Bonchev–Trinajstić information content (AvgIpc) is 2.22. The second-order valence-electron chi connectivity index (χ2n) is 4.17. The number of hydrogen-bond acceptors (Lipinski definition) is 2. The number of carbonyl (C=O) groups excluding carboxylic acids is 1.